The molecule has 7 heteroatoms. The molecule has 4 rings (SSSR count). The molecule has 1 unspecified atom stereocenters. The molecule has 0 N–H and O–H groups in total. The number of benzene rings is 1. The zero-order valence-corrected chi connectivity index (χ0v) is 17.5. The molecule has 154 valence electrons. The predicted octanol–water partition coefficient (Wildman–Crippen LogP) is 1.29. The third kappa shape index (κ3) is 4.93. The van der Waals surface area contributed by atoms with Crippen molar-refractivity contribution in [3.05, 3.63) is 35.4 Å². The monoisotopic (exact) mass is 405 g/mol. The van der Waals surface area contributed by atoms with Crippen LogP contribution in [0.5, 0.6) is 0 Å². The van der Waals surface area contributed by atoms with E-state index in [4.69, 9.17) is 0 Å². The minimum Gasteiger partial charge on any atom is -0.334 e. The van der Waals surface area contributed by atoms with Crippen molar-refractivity contribution in [3.8, 4) is 0 Å². The summed E-state index contributed by atoms with van der Waals surface area (Å²) in [5.41, 5.74) is 2.43. The van der Waals surface area contributed by atoms with Crippen LogP contribution in [0.1, 0.15) is 30.4 Å². The average Bonchev–Trinajstić information content (AvgIpc) is 3.44. The summed E-state index contributed by atoms with van der Waals surface area (Å²) >= 11 is 0. The minimum absolute atomic E-state index is 0.173. The Morgan fingerprint density at radius 1 is 1.07 bits per heavy atom. The van der Waals surface area contributed by atoms with E-state index in [0.29, 0.717) is 30.6 Å². The zero-order valence-electron chi connectivity index (χ0n) is 16.7. The maximum Gasteiger partial charge on any atom is 0.237 e. The Morgan fingerprint density at radius 2 is 1.75 bits per heavy atom. The molecular weight excluding hydrogens is 374 g/mol. The molecule has 3 fully saturated rings. The van der Waals surface area contributed by atoms with E-state index in [1.165, 1.54) is 11.1 Å². The number of piperazine rings is 1. The summed E-state index contributed by atoms with van der Waals surface area (Å²) in [5, 5.41) is 0. The maximum atomic E-state index is 13.0. The second kappa shape index (κ2) is 8.13. The third-order valence-electron chi connectivity index (χ3n) is 6.27. The quantitative estimate of drug-likeness (QED) is 0.714. The van der Waals surface area contributed by atoms with Crippen molar-refractivity contribution in [2.24, 2.45) is 0 Å². The van der Waals surface area contributed by atoms with E-state index in [1.807, 2.05) is 0 Å². The van der Waals surface area contributed by atoms with Crippen molar-refractivity contribution in [2.45, 2.75) is 44.8 Å². The Bertz CT molecular complexity index is 797. The highest BCUT2D eigenvalue weighted by Crippen LogP contribution is 2.29. The Labute approximate surface area is 168 Å². The molecule has 2 saturated heterocycles. The summed E-state index contributed by atoms with van der Waals surface area (Å²) in [6, 6.07) is 9.02. The molecule has 0 radical (unpaired) electrons. The van der Waals surface area contributed by atoms with E-state index in [2.05, 4.69) is 45.9 Å². The van der Waals surface area contributed by atoms with Gasteiger partial charge in [-0.3, -0.25) is 14.6 Å². The van der Waals surface area contributed by atoms with Crippen molar-refractivity contribution >= 4 is 15.7 Å². The third-order valence-corrected chi connectivity index (χ3v) is 8.02. The number of carbonyl (C=O) groups is 1. The lowest BCUT2D eigenvalue weighted by Crippen LogP contribution is -2.53. The van der Waals surface area contributed by atoms with Crippen LogP contribution in [0, 0.1) is 6.92 Å². The molecule has 0 bridgehead atoms. The molecule has 1 atom stereocenters. The predicted molar refractivity (Wildman–Crippen MR) is 110 cm³/mol. The van der Waals surface area contributed by atoms with Crippen LogP contribution < -0.4 is 0 Å². The second-order valence-corrected chi connectivity index (χ2v) is 10.8. The molecule has 3 aliphatic rings. The van der Waals surface area contributed by atoms with Gasteiger partial charge in [0.05, 0.1) is 18.1 Å². The van der Waals surface area contributed by atoms with Crippen LogP contribution in [-0.4, -0.2) is 85.3 Å². The van der Waals surface area contributed by atoms with Crippen molar-refractivity contribution < 1.29 is 13.2 Å². The number of rotatable bonds is 6. The fraction of sp³-hybridized carbons (Fsp3) is 0.667. The Morgan fingerprint density at radius 3 is 2.32 bits per heavy atom. The van der Waals surface area contributed by atoms with Crippen LogP contribution in [0.2, 0.25) is 0 Å². The molecule has 1 amide bonds. The van der Waals surface area contributed by atoms with Gasteiger partial charge >= 0.3 is 0 Å². The summed E-state index contributed by atoms with van der Waals surface area (Å²) in [5.74, 6) is 0.851. The molecule has 2 aliphatic heterocycles. The normalized spacial score (nSPS) is 25.7. The van der Waals surface area contributed by atoms with Crippen molar-refractivity contribution in [1.29, 1.82) is 0 Å². The lowest BCUT2D eigenvalue weighted by molar-refractivity contribution is -0.134. The second-order valence-electron chi connectivity index (χ2n) is 8.61. The number of sulfone groups is 1. The van der Waals surface area contributed by atoms with Gasteiger partial charge in [0.15, 0.2) is 9.84 Å². The highest BCUT2D eigenvalue weighted by molar-refractivity contribution is 7.91. The van der Waals surface area contributed by atoms with Crippen LogP contribution in [0.4, 0.5) is 0 Å². The van der Waals surface area contributed by atoms with Gasteiger partial charge in [-0.1, -0.05) is 29.8 Å². The first kappa shape index (κ1) is 19.9. The molecule has 1 saturated carbocycles. The highest BCUT2D eigenvalue weighted by Gasteiger charge is 2.36. The Kier molecular flexibility index (Phi) is 5.76. The SMILES string of the molecule is Cc1ccc(CN(C(=O)CN2CCN(C3CCS(=O)(=O)C3)CC2)C2CC2)cc1. The lowest BCUT2D eigenvalue weighted by atomic mass is 10.1. The molecule has 0 aromatic heterocycles. The maximum absolute atomic E-state index is 13.0. The summed E-state index contributed by atoms with van der Waals surface area (Å²) in [6.07, 6.45) is 2.98. The zero-order chi connectivity index (χ0) is 19.7. The smallest absolute Gasteiger partial charge is 0.237 e. The molecular formula is C21H31N3O3S. The van der Waals surface area contributed by atoms with Crippen molar-refractivity contribution in [2.75, 3.05) is 44.2 Å². The van der Waals surface area contributed by atoms with Crippen LogP contribution in [0.3, 0.4) is 0 Å². The average molecular weight is 406 g/mol. The number of nitrogens with zero attached hydrogens (tertiary/aromatic N) is 3. The lowest BCUT2D eigenvalue weighted by Gasteiger charge is -2.38. The van der Waals surface area contributed by atoms with Gasteiger partial charge in [-0.25, -0.2) is 8.42 Å². The molecule has 1 aliphatic carbocycles. The van der Waals surface area contributed by atoms with Gasteiger partial charge < -0.3 is 4.90 Å². The first-order valence-electron chi connectivity index (χ1n) is 10.4. The van der Waals surface area contributed by atoms with E-state index in [1.54, 1.807) is 0 Å². The van der Waals surface area contributed by atoms with E-state index in [-0.39, 0.29) is 11.9 Å². The van der Waals surface area contributed by atoms with E-state index >= 15 is 0 Å². The summed E-state index contributed by atoms with van der Waals surface area (Å²) in [7, 11) is -2.84. The fourth-order valence-corrected chi connectivity index (χ4v) is 6.09. The molecule has 1 aromatic rings. The fourth-order valence-electron chi connectivity index (χ4n) is 4.33. The van der Waals surface area contributed by atoms with Crippen LogP contribution in [0.25, 0.3) is 0 Å². The van der Waals surface area contributed by atoms with Crippen LogP contribution in [0.15, 0.2) is 24.3 Å². The topological polar surface area (TPSA) is 60.9 Å². The first-order valence-corrected chi connectivity index (χ1v) is 12.2. The molecule has 1 aromatic carbocycles. The summed E-state index contributed by atoms with van der Waals surface area (Å²) < 4.78 is 23.4. The van der Waals surface area contributed by atoms with Gasteiger partial charge in [0.1, 0.15) is 0 Å². The number of aryl methyl sites for hydroxylation is 1. The highest BCUT2D eigenvalue weighted by atomic mass is 32.2. The molecule has 0 spiro atoms. The van der Waals surface area contributed by atoms with Crippen LogP contribution >= 0.6 is 0 Å². The largest absolute Gasteiger partial charge is 0.334 e. The number of amides is 1. The van der Waals surface area contributed by atoms with Gasteiger partial charge in [0.25, 0.3) is 0 Å². The van der Waals surface area contributed by atoms with E-state index in [0.717, 1.165) is 45.4 Å². The van der Waals surface area contributed by atoms with Gasteiger partial charge in [0, 0.05) is 44.8 Å². The number of hydrogen-bond acceptors (Lipinski definition) is 5. The Hall–Kier alpha value is -1.44. The summed E-state index contributed by atoms with van der Waals surface area (Å²) in [4.78, 5) is 19.6. The van der Waals surface area contributed by atoms with Crippen LogP contribution in [-0.2, 0) is 21.2 Å². The van der Waals surface area contributed by atoms with E-state index < -0.39 is 9.84 Å². The summed E-state index contributed by atoms with van der Waals surface area (Å²) in [6.45, 7) is 6.64. The number of carbonyl (C=O) groups excluding carboxylic acids is 1. The Balaban J connectivity index is 1.28. The van der Waals surface area contributed by atoms with Crippen molar-refractivity contribution in [3.63, 3.8) is 0 Å². The molecule has 28 heavy (non-hydrogen) atoms. The van der Waals surface area contributed by atoms with Gasteiger partial charge in [-0.15, -0.1) is 0 Å². The van der Waals surface area contributed by atoms with Gasteiger partial charge in [-0.2, -0.15) is 0 Å². The van der Waals surface area contributed by atoms with Gasteiger partial charge in [0.2, 0.25) is 5.91 Å². The first-order chi connectivity index (χ1) is 13.4. The standard InChI is InChI=1S/C21H31N3O3S/c1-17-2-4-18(5-3-17)14-24(19-6-7-19)21(25)15-22-9-11-23(12-10-22)20-8-13-28(26,27)16-20/h2-5,19-20H,6-16H2,1H3. The van der Waals surface area contributed by atoms with Crippen molar-refractivity contribution in [1.82, 2.24) is 14.7 Å². The molecule has 6 nitrogen and oxygen atoms in total. The molecule has 2 heterocycles. The number of hydrogen-bond donors (Lipinski definition) is 0. The van der Waals surface area contributed by atoms with Gasteiger partial charge in [-0.05, 0) is 31.7 Å². The minimum atomic E-state index is -2.84. The van der Waals surface area contributed by atoms with E-state index in [9.17, 15) is 13.2 Å².